The van der Waals surface area contributed by atoms with Crippen LogP contribution in [0.4, 0.5) is 0 Å². The highest BCUT2D eigenvalue weighted by Crippen LogP contribution is 2.47. The number of hydrogen-bond acceptors (Lipinski definition) is 2. The minimum absolute atomic E-state index is 0.495. The van der Waals surface area contributed by atoms with Gasteiger partial charge in [-0.1, -0.05) is 41.9 Å². The lowest BCUT2D eigenvalue weighted by Gasteiger charge is -2.00. The fourth-order valence-electron chi connectivity index (χ4n) is 1.16. The van der Waals surface area contributed by atoms with E-state index in [1.165, 1.54) is 0 Å². The summed E-state index contributed by atoms with van der Waals surface area (Å²) in [5.74, 6) is 0. The van der Waals surface area contributed by atoms with Gasteiger partial charge in [0.2, 0.25) is 5.60 Å². The fraction of sp³-hybridized carbons (Fsp3) is 0.222. The molecule has 1 saturated heterocycles. The molecule has 2 atom stereocenters. The number of alkyl halides is 1. The number of hydrogen-bond donors (Lipinski definition) is 0. The van der Waals surface area contributed by atoms with Gasteiger partial charge in [0.15, 0.2) is 5.56 Å². The van der Waals surface area contributed by atoms with E-state index in [1.807, 2.05) is 30.3 Å². The van der Waals surface area contributed by atoms with Crippen molar-refractivity contribution < 1.29 is 4.74 Å². The van der Waals surface area contributed by atoms with Gasteiger partial charge in [0.05, 0.1) is 0 Å². The van der Waals surface area contributed by atoms with E-state index in [1.54, 1.807) is 0 Å². The predicted molar refractivity (Wildman–Crippen MR) is 44.5 cm³/mol. The second-order valence-corrected chi connectivity index (χ2v) is 3.04. The standard InChI is InChI=1S/C9H6ClNO/c10-8-9(6-11,12-8)7-4-2-1-3-5-7/h1-5,8H. The molecular weight excluding hydrogens is 174 g/mol. The summed E-state index contributed by atoms with van der Waals surface area (Å²) in [5.41, 5.74) is -0.555. The van der Waals surface area contributed by atoms with Crippen molar-refractivity contribution in [3.63, 3.8) is 0 Å². The van der Waals surface area contributed by atoms with Crippen LogP contribution in [0.3, 0.4) is 0 Å². The molecule has 2 unspecified atom stereocenters. The van der Waals surface area contributed by atoms with Crippen LogP contribution in [0.2, 0.25) is 0 Å². The van der Waals surface area contributed by atoms with Crippen LogP contribution in [0.1, 0.15) is 5.56 Å². The number of halogens is 1. The third kappa shape index (κ3) is 0.911. The van der Waals surface area contributed by atoms with Crippen molar-refractivity contribution in [3.05, 3.63) is 35.9 Å². The summed E-state index contributed by atoms with van der Waals surface area (Å²) in [6, 6.07) is 11.4. The number of nitriles is 1. The first-order valence-corrected chi connectivity index (χ1v) is 4.02. The van der Waals surface area contributed by atoms with E-state index in [-0.39, 0.29) is 0 Å². The average molecular weight is 180 g/mol. The van der Waals surface area contributed by atoms with Crippen LogP contribution in [0.15, 0.2) is 30.3 Å². The Bertz CT molecular complexity index is 332. The number of rotatable bonds is 1. The molecule has 0 aromatic heterocycles. The molecule has 12 heavy (non-hydrogen) atoms. The monoisotopic (exact) mass is 179 g/mol. The van der Waals surface area contributed by atoms with Gasteiger partial charge in [-0.2, -0.15) is 5.26 Å². The quantitative estimate of drug-likeness (QED) is 0.488. The van der Waals surface area contributed by atoms with Gasteiger partial charge in [-0.05, 0) is 0 Å². The Kier molecular flexibility index (Phi) is 1.57. The van der Waals surface area contributed by atoms with Crippen molar-refractivity contribution in [2.75, 3.05) is 0 Å². The number of benzene rings is 1. The van der Waals surface area contributed by atoms with E-state index in [0.29, 0.717) is 0 Å². The Morgan fingerprint density at radius 1 is 1.42 bits per heavy atom. The third-order valence-electron chi connectivity index (χ3n) is 1.92. The maximum absolute atomic E-state index is 8.82. The number of nitrogens with zero attached hydrogens (tertiary/aromatic N) is 1. The van der Waals surface area contributed by atoms with E-state index in [4.69, 9.17) is 21.6 Å². The van der Waals surface area contributed by atoms with Crippen molar-refractivity contribution in [2.45, 2.75) is 11.2 Å². The topological polar surface area (TPSA) is 36.3 Å². The van der Waals surface area contributed by atoms with E-state index < -0.39 is 11.2 Å². The Morgan fingerprint density at radius 2 is 2.00 bits per heavy atom. The largest absolute Gasteiger partial charge is 0.328 e. The van der Waals surface area contributed by atoms with E-state index in [9.17, 15) is 0 Å². The summed E-state index contributed by atoms with van der Waals surface area (Å²) in [4.78, 5) is 0. The molecule has 2 nitrogen and oxygen atoms in total. The molecule has 1 aromatic carbocycles. The molecule has 0 radical (unpaired) electrons. The molecule has 0 saturated carbocycles. The van der Waals surface area contributed by atoms with Gasteiger partial charge in [-0.3, -0.25) is 0 Å². The van der Waals surface area contributed by atoms with Crippen LogP contribution in [-0.4, -0.2) is 5.56 Å². The number of ether oxygens (including phenoxy) is 1. The van der Waals surface area contributed by atoms with Crippen molar-refractivity contribution in [2.24, 2.45) is 0 Å². The molecule has 0 bridgehead atoms. The van der Waals surface area contributed by atoms with Gasteiger partial charge in [0, 0.05) is 5.56 Å². The normalized spacial score (nSPS) is 32.5. The van der Waals surface area contributed by atoms with Gasteiger partial charge >= 0.3 is 0 Å². The highest BCUT2D eigenvalue weighted by molar-refractivity contribution is 6.22. The molecule has 0 N–H and O–H groups in total. The molecule has 1 aliphatic rings. The van der Waals surface area contributed by atoms with Gasteiger partial charge in [-0.15, -0.1) is 0 Å². The minimum Gasteiger partial charge on any atom is -0.328 e. The lowest BCUT2D eigenvalue weighted by molar-refractivity contribution is 0.357. The average Bonchev–Trinajstić information content (AvgIpc) is 2.80. The molecule has 0 aliphatic carbocycles. The first kappa shape index (κ1) is 7.60. The Labute approximate surface area is 75.3 Å². The van der Waals surface area contributed by atoms with E-state index in [2.05, 4.69) is 6.07 Å². The first-order valence-electron chi connectivity index (χ1n) is 3.58. The van der Waals surface area contributed by atoms with Gasteiger partial charge in [0.1, 0.15) is 6.07 Å². The van der Waals surface area contributed by atoms with Crippen molar-refractivity contribution >= 4 is 11.6 Å². The third-order valence-corrected chi connectivity index (χ3v) is 2.32. The molecule has 60 valence electrons. The molecule has 1 heterocycles. The molecule has 1 fully saturated rings. The zero-order chi connectivity index (χ0) is 8.60. The summed E-state index contributed by atoms with van der Waals surface area (Å²) in [6.07, 6.45) is 0. The summed E-state index contributed by atoms with van der Waals surface area (Å²) < 4.78 is 5.04. The molecule has 3 heteroatoms. The van der Waals surface area contributed by atoms with Crippen LogP contribution in [-0.2, 0) is 10.3 Å². The predicted octanol–water partition coefficient (Wildman–Crippen LogP) is 2.00. The Balaban J connectivity index is 2.39. The van der Waals surface area contributed by atoms with Crippen LogP contribution < -0.4 is 0 Å². The molecule has 0 amide bonds. The summed E-state index contributed by atoms with van der Waals surface area (Å²) in [7, 11) is 0. The summed E-state index contributed by atoms with van der Waals surface area (Å²) in [6.45, 7) is 0. The highest BCUT2D eigenvalue weighted by Gasteiger charge is 2.58. The van der Waals surface area contributed by atoms with Crippen LogP contribution >= 0.6 is 11.6 Å². The van der Waals surface area contributed by atoms with Crippen LogP contribution in [0, 0.1) is 11.3 Å². The Hall–Kier alpha value is -1.04. The highest BCUT2D eigenvalue weighted by atomic mass is 35.5. The molecular formula is C9H6ClNO. The second-order valence-electron chi connectivity index (χ2n) is 2.65. The molecule has 0 spiro atoms. The second kappa shape index (κ2) is 2.48. The maximum atomic E-state index is 8.82. The van der Waals surface area contributed by atoms with Gasteiger partial charge in [-0.25, -0.2) is 0 Å². The van der Waals surface area contributed by atoms with Crippen molar-refractivity contribution in [3.8, 4) is 6.07 Å². The van der Waals surface area contributed by atoms with E-state index in [0.717, 1.165) is 5.56 Å². The van der Waals surface area contributed by atoms with Crippen LogP contribution in [0.5, 0.6) is 0 Å². The van der Waals surface area contributed by atoms with Gasteiger partial charge in [0.25, 0.3) is 0 Å². The smallest absolute Gasteiger partial charge is 0.221 e. The zero-order valence-electron chi connectivity index (χ0n) is 6.20. The van der Waals surface area contributed by atoms with Crippen molar-refractivity contribution in [1.82, 2.24) is 0 Å². The molecule has 2 rings (SSSR count). The summed E-state index contributed by atoms with van der Waals surface area (Å²) >= 11 is 5.70. The molecule has 1 aliphatic heterocycles. The maximum Gasteiger partial charge on any atom is 0.221 e. The first-order chi connectivity index (χ1) is 5.79. The van der Waals surface area contributed by atoms with Crippen molar-refractivity contribution in [1.29, 1.82) is 5.26 Å². The lowest BCUT2D eigenvalue weighted by atomic mass is 10.0. The minimum atomic E-state index is -0.886. The number of epoxide rings is 1. The Morgan fingerprint density at radius 3 is 2.42 bits per heavy atom. The molecule has 1 aromatic rings. The van der Waals surface area contributed by atoms with Crippen LogP contribution in [0.25, 0.3) is 0 Å². The SMILES string of the molecule is N#CC1(c2ccccc2)OC1Cl. The fourth-order valence-corrected chi connectivity index (χ4v) is 1.47. The lowest BCUT2D eigenvalue weighted by Crippen LogP contribution is -2.06. The zero-order valence-corrected chi connectivity index (χ0v) is 6.95. The van der Waals surface area contributed by atoms with E-state index >= 15 is 0 Å². The summed E-state index contributed by atoms with van der Waals surface area (Å²) in [5, 5.41) is 8.82. The van der Waals surface area contributed by atoms with Gasteiger partial charge < -0.3 is 4.74 Å².